The number of piperazine rings is 1. The van der Waals surface area contributed by atoms with Crippen LogP contribution in [0.25, 0.3) is 10.9 Å². The number of alkyl halides is 1. The zero-order chi connectivity index (χ0) is 28.0. The number of fused-ring (bicyclic) bond motifs is 6. The molecule has 216 valence electrons. The number of anilines is 1. The van der Waals surface area contributed by atoms with Crippen molar-refractivity contribution in [1.82, 2.24) is 19.8 Å². The highest BCUT2D eigenvalue weighted by Gasteiger charge is 2.52. The summed E-state index contributed by atoms with van der Waals surface area (Å²) >= 11 is 0. The first-order valence-corrected chi connectivity index (χ1v) is 14.5. The lowest BCUT2D eigenvalue weighted by Gasteiger charge is -2.47. The molecule has 6 heterocycles. The molecule has 0 saturated carbocycles. The molecule has 7 rings (SSSR count). The first kappa shape index (κ1) is 26.1. The quantitative estimate of drug-likeness (QED) is 0.537. The molecule has 5 aliphatic rings. The van der Waals surface area contributed by atoms with Crippen LogP contribution in [-0.4, -0.2) is 87.5 Å². The van der Waals surface area contributed by atoms with Gasteiger partial charge in [0.25, 0.3) is 0 Å². The molecule has 0 N–H and O–H groups in total. The van der Waals surface area contributed by atoms with Crippen molar-refractivity contribution in [3.05, 3.63) is 23.3 Å². The largest absolute Gasteiger partial charge is 0.461 e. The number of ether oxygens (including phenoxy) is 2. The van der Waals surface area contributed by atoms with Crippen molar-refractivity contribution in [1.29, 1.82) is 0 Å². The Kier molecular flexibility index (Phi) is 5.93. The van der Waals surface area contributed by atoms with Crippen LogP contribution in [-0.2, 0) is 11.2 Å². The van der Waals surface area contributed by atoms with Gasteiger partial charge in [-0.2, -0.15) is 9.97 Å². The minimum atomic E-state index is -0.897. The number of halogens is 3. The Morgan fingerprint density at radius 1 is 1.12 bits per heavy atom. The van der Waals surface area contributed by atoms with Gasteiger partial charge in [0.15, 0.2) is 5.82 Å². The van der Waals surface area contributed by atoms with E-state index in [2.05, 4.69) is 14.8 Å². The third-order valence-corrected chi connectivity index (χ3v) is 9.53. The summed E-state index contributed by atoms with van der Waals surface area (Å²) in [5.74, 6) is -0.922. The van der Waals surface area contributed by atoms with E-state index in [1.54, 1.807) is 0 Å². The molecular weight excluding hydrogens is 523 g/mol. The lowest BCUT2D eigenvalue weighted by Crippen LogP contribution is -2.62. The normalized spacial score (nSPS) is 31.4. The molecule has 4 fully saturated rings. The Bertz CT molecular complexity index is 1370. The highest BCUT2D eigenvalue weighted by atomic mass is 19.1. The predicted octanol–water partition coefficient (Wildman–Crippen LogP) is 4.77. The van der Waals surface area contributed by atoms with Crippen molar-refractivity contribution in [2.75, 3.05) is 31.1 Å². The molecule has 5 aliphatic heterocycles. The lowest BCUT2D eigenvalue weighted by molar-refractivity contribution is 0.00720. The molecule has 11 heteroatoms. The van der Waals surface area contributed by atoms with Crippen LogP contribution in [0.5, 0.6) is 6.01 Å². The number of aryl methyl sites for hydroxylation is 1. The summed E-state index contributed by atoms with van der Waals surface area (Å²) in [5, 5.41) is 0.378. The van der Waals surface area contributed by atoms with Gasteiger partial charge in [-0.3, -0.25) is 9.80 Å². The number of aromatic nitrogens is 2. The van der Waals surface area contributed by atoms with Gasteiger partial charge in [0.1, 0.15) is 35.5 Å². The fraction of sp³-hybridized carbons (Fsp3) is 0.690. The molecule has 4 saturated heterocycles. The molecule has 1 aromatic carbocycles. The van der Waals surface area contributed by atoms with E-state index in [-0.39, 0.29) is 42.4 Å². The Labute approximate surface area is 231 Å². The number of rotatable bonds is 3. The maximum absolute atomic E-state index is 15.3. The SMILES string of the molecule is CC(C)(C)OC(=O)N1[C@@H]2CC[C@H]1[C@H]1CCc3c(F)cc(F)c4nc(OC[C@@]56CCCN5C[C@H](F)C6)nc(c34)N1C2. The van der Waals surface area contributed by atoms with E-state index in [4.69, 9.17) is 14.5 Å². The van der Waals surface area contributed by atoms with Crippen LogP contribution in [0.3, 0.4) is 0 Å². The highest BCUT2D eigenvalue weighted by molar-refractivity contribution is 5.94. The minimum absolute atomic E-state index is 0.0186. The Balaban J connectivity index is 1.26. The summed E-state index contributed by atoms with van der Waals surface area (Å²) in [5.41, 5.74) is -0.591. The van der Waals surface area contributed by atoms with Gasteiger partial charge >= 0.3 is 12.1 Å². The van der Waals surface area contributed by atoms with E-state index < -0.39 is 28.9 Å². The zero-order valence-corrected chi connectivity index (χ0v) is 23.3. The van der Waals surface area contributed by atoms with Crippen molar-refractivity contribution in [3.8, 4) is 6.01 Å². The predicted molar refractivity (Wildman–Crippen MR) is 142 cm³/mol. The van der Waals surface area contributed by atoms with Gasteiger partial charge in [-0.25, -0.2) is 18.0 Å². The van der Waals surface area contributed by atoms with Crippen molar-refractivity contribution in [2.45, 2.75) is 101 Å². The lowest BCUT2D eigenvalue weighted by atomic mass is 9.95. The average molecular weight is 560 g/mol. The van der Waals surface area contributed by atoms with Gasteiger partial charge in [0.2, 0.25) is 0 Å². The van der Waals surface area contributed by atoms with E-state index in [1.165, 1.54) is 0 Å². The number of hydrogen-bond donors (Lipinski definition) is 0. The van der Waals surface area contributed by atoms with E-state index in [0.717, 1.165) is 38.3 Å². The smallest absolute Gasteiger partial charge is 0.410 e. The average Bonchev–Trinajstić information content (AvgIpc) is 3.47. The first-order chi connectivity index (χ1) is 19.0. The maximum Gasteiger partial charge on any atom is 0.410 e. The third-order valence-electron chi connectivity index (χ3n) is 9.53. The van der Waals surface area contributed by atoms with Crippen LogP contribution < -0.4 is 9.64 Å². The molecule has 0 aliphatic carbocycles. The zero-order valence-electron chi connectivity index (χ0n) is 23.3. The van der Waals surface area contributed by atoms with Gasteiger partial charge in [-0.15, -0.1) is 0 Å². The summed E-state index contributed by atoms with van der Waals surface area (Å²) in [6, 6.07) is 0.541. The van der Waals surface area contributed by atoms with E-state index >= 15 is 8.78 Å². The highest BCUT2D eigenvalue weighted by Crippen LogP contribution is 2.45. The van der Waals surface area contributed by atoms with Gasteiger partial charge in [0, 0.05) is 31.1 Å². The molecular formula is C29H36F3N5O3. The first-order valence-electron chi connectivity index (χ1n) is 14.5. The molecule has 2 bridgehead atoms. The molecule has 0 unspecified atom stereocenters. The second kappa shape index (κ2) is 9.09. The molecule has 2 aromatic rings. The summed E-state index contributed by atoms with van der Waals surface area (Å²) in [4.78, 5) is 28.6. The molecule has 5 atom stereocenters. The monoisotopic (exact) mass is 559 g/mol. The maximum atomic E-state index is 15.3. The van der Waals surface area contributed by atoms with Crippen molar-refractivity contribution in [3.63, 3.8) is 0 Å². The van der Waals surface area contributed by atoms with E-state index in [0.29, 0.717) is 49.1 Å². The number of carbonyl (C=O) groups excluding carboxylic acids is 1. The molecule has 40 heavy (non-hydrogen) atoms. The van der Waals surface area contributed by atoms with Crippen molar-refractivity contribution >= 4 is 22.8 Å². The van der Waals surface area contributed by atoms with Crippen LogP contribution in [0.4, 0.5) is 23.8 Å². The number of nitrogens with zero attached hydrogens (tertiary/aromatic N) is 5. The van der Waals surface area contributed by atoms with Crippen LogP contribution in [0.15, 0.2) is 6.07 Å². The van der Waals surface area contributed by atoms with Crippen molar-refractivity contribution in [2.24, 2.45) is 0 Å². The number of benzene rings is 1. The number of amides is 1. The van der Waals surface area contributed by atoms with Crippen LogP contribution in [0.1, 0.15) is 64.9 Å². The fourth-order valence-corrected chi connectivity index (χ4v) is 7.95. The second-order valence-electron chi connectivity index (χ2n) is 13.2. The van der Waals surface area contributed by atoms with Gasteiger partial charge in [-0.1, -0.05) is 0 Å². The second-order valence-corrected chi connectivity index (χ2v) is 13.2. The van der Waals surface area contributed by atoms with Crippen LogP contribution in [0, 0.1) is 11.6 Å². The van der Waals surface area contributed by atoms with Crippen LogP contribution >= 0.6 is 0 Å². The van der Waals surface area contributed by atoms with Gasteiger partial charge in [-0.05, 0) is 65.8 Å². The molecule has 1 aromatic heterocycles. The van der Waals surface area contributed by atoms with E-state index in [9.17, 15) is 9.18 Å². The van der Waals surface area contributed by atoms with Gasteiger partial charge in [0.05, 0.1) is 29.1 Å². The molecule has 0 spiro atoms. The Morgan fingerprint density at radius 3 is 2.75 bits per heavy atom. The topological polar surface area (TPSA) is 71.0 Å². The standard InChI is InChI=1S/C29H36F3N5O3/c1-28(2,3)40-27(38)37-17-5-7-22(37)21-8-6-18-19(31)11-20(32)24-23(18)25(36(21)14-17)34-26(33-24)39-15-29-9-4-10-35(29)13-16(30)12-29/h11,16-17,21-22H,4-10,12-15H2,1-3H3/t16-,17-,21-,22+,29+/m1/s1. The fourth-order valence-electron chi connectivity index (χ4n) is 7.95. The van der Waals surface area contributed by atoms with E-state index in [1.807, 2.05) is 25.7 Å². The summed E-state index contributed by atoms with van der Waals surface area (Å²) in [6.07, 6.45) is 3.55. The van der Waals surface area contributed by atoms with Gasteiger partial charge < -0.3 is 14.4 Å². The number of carbonyl (C=O) groups is 1. The number of hydrogen-bond acceptors (Lipinski definition) is 7. The summed E-state index contributed by atoms with van der Waals surface area (Å²) < 4.78 is 56.7. The molecule has 8 nitrogen and oxygen atoms in total. The van der Waals surface area contributed by atoms with Crippen LogP contribution in [0.2, 0.25) is 0 Å². The Morgan fingerprint density at radius 2 is 1.95 bits per heavy atom. The Hall–Kier alpha value is -2.82. The third kappa shape index (κ3) is 4.10. The van der Waals surface area contributed by atoms with Crippen molar-refractivity contribution < 1.29 is 27.4 Å². The summed E-state index contributed by atoms with van der Waals surface area (Å²) in [6.45, 7) is 7.48. The minimum Gasteiger partial charge on any atom is -0.461 e. The summed E-state index contributed by atoms with van der Waals surface area (Å²) in [7, 11) is 0. The molecule has 0 radical (unpaired) electrons. The molecule has 1 amide bonds.